The van der Waals surface area contributed by atoms with Gasteiger partial charge in [-0.05, 0) is 53.6 Å². The van der Waals surface area contributed by atoms with Gasteiger partial charge in [-0.3, -0.25) is 0 Å². The number of carbonyl (C=O) groups is 1. The molecule has 1 aromatic heterocycles. The molecule has 33 heavy (non-hydrogen) atoms. The van der Waals surface area contributed by atoms with Crippen LogP contribution in [-0.2, 0) is 0 Å². The number of hydrogen-bond acceptors (Lipinski definition) is 4. The van der Waals surface area contributed by atoms with E-state index in [1.807, 2.05) is 0 Å². The number of alkyl halides is 3. The molecule has 0 bridgehead atoms. The summed E-state index contributed by atoms with van der Waals surface area (Å²) >= 11 is 11.9. The summed E-state index contributed by atoms with van der Waals surface area (Å²) in [6.07, 6.45) is -2.82. The number of halogens is 5. The Labute approximate surface area is 196 Å². The predicted octanol–water partition coefficient (Wildman–Crippen LogP) is 6.67. The number of anilines is 1. The van der Waals surface area contributed by atoms with Gasteiger partial charge in [-0.15, -0.1) is 13.2 Å². The highest BCUT2D eigenvalue weighted by Crippen LogP contribution is 2.34. The van der Waals surface area contributed by atoms with Crippen LogP contribution in [-0.4, -0.2) is 28.1 Å². The monoisotopic (exact) mass is 494 g/mol. The van der Waals surface area contributed by atoms with Crippen molar-refractivity contribution in [3.8, 4) is 5.75 Å². The van der Waals surface area contributed by atoms with Crippen LogP contribution in [0.2, 0.25) is 10.2 Å². The topological polar surface area (TPSA) is 66.8 Å². The Hall–Kier alpha value is -3.30. The second-order valence-corrected chi connectivity index (χ2v) is 7.86. The van der Waals surface area contributed by atoms with Crippen LogP contribution in [0.25, 0.3) is 0 Å². The number of hydrogen-bond donors (Lipinski definition) is 1. The van der Waals surface area contributed by atoms with Gasteiger partial charge in [0.2, 0.25) is 0 Å². The molecule has 1 atom stereocenters. The number of hydrazone groups is 1. The number of nitrogens with one attached hydrogen (secondary N) is 1. The molecule has 0 aliphatic carbocycles. The smallest absolute Gasteiger partial charge is 0.406 e. The molecule has 1 N–H and O–H groups in total. The average Bonchev–Trinajstić information content (AvgIpc) is 3.21. The number of aromatic nitrogens is 1. The lowest BCUT2D eigenvalue weighted by Gasteiger charge is -2.22. The van der Waals surface area contributed by atoms with Gasteiger partial charge in [0.05, 0.1) is 11.8 Å². The van der Waals surface area contributed by atoms with Gasteiger partial charge in [0.1, 0.15) is 10.9 Å². The van der Waals surface area contributed by atoms with Crippen molar-refractivity contribution in [1.29, 1.82) is 0 Å². The fraction of sp³-hybridized carbons (Fsp3) is 0.136. The van der Waals surface area contributed by atoms with Crippen molar-refractivity contribution in [2.75, 3.05) is 5.32 Å². The number of ether oxygens (including phenoxy) is 1. The van der Waals surface area contributed by atoms with E-state index in [0.717, 1.165) is 23.3 Å². The van der Waals surface area contributed by atoms with Crippen LogP contribution in [0.15, 0.2) is 72.0 Å². The van der Waals surface area contributed by atoms with Crippen LogP contribution in [0.4, 0.5) is 23.7 Å². The number of benzene rings is 2. The molecule has 0 saturated carbocycles. The van der Waals surface area contributed by atoms with Crippen molar-refractivity contribution in [3.05, 3.63) is 88.2 Å². The fourth-order valence-electron chi connectivity index (χ4n) is 3.28. The van der Waals surface area contributed by atoms with Crippen molar-refractivity contribution in [3.63, 3.8) is 0 Å². The Kier molecular flexibility index (Phi) is 6.44. The zero-order valence-electron chi connectivity index (χ0n) is 16.7. The molecule has 2 aromatic carbocycles. The maximum atomic E-state index is 13.0. The first kappa shape index (κ1) is 22.9. The van der Waals surface area contributed by atoms with Gasteiger partial charge in [0.25, 0.3) is 0 Å². The Bertz CT molecular complexity index is 1170. The van der Waals surface area contributed by atoms with Crippen LogP contribution in [0.3, 0.4) is 0 Å². The van der Waals surface area contributed by atoms with E-state index < -0.39 is 24.2 Å². The van der Waals surface area contributed by atoms with E-state index in [1.165, 1.54) is 17.1 Å². The van der Waals surface area contributed by atoms with Crippen molar-refractivity contribution in [2.45, 2.75) is 18.8 Å². The number of amides is 2. The molecule has 170 valence electrons. The number of pyridine rings is 1. The predicted molar refractivity (Wildman–Crippen MR) is 119 cm³/mol. The largest absolute Gasteiger partial charge is 0.573 e. The highest BCUT2D eigenvalue weighted by atomic mass is 35.5. The average molecular weight is 495 g/mol. The van der Waals surface area contributed by atoms with Gasteiger partial charge in [-0.2, -0.15) is 5.10 Å². The van der Waals surface area contributed by atoms with Gasteiger partial charge >= 0.3 is 12.4 Å². The zero-order valence-corrected chi connectivity index (χ0v) is 18.2. The van der Waals surface area contributed by atoms with Gasteiger partial charge in [0, 0.05) is 23.3 Å². The quantitative estimate of drug-likeness (QED) is 0.411. The minimum atomic E-state index is -4.80. The van der Waals surface area contributed by atoms with E-state index in [-0.39, 0.29) is 5.69 Å². The summed E-state index contributed by atoms with van der Waals surface area (Å²) in [6, 6.07) is 14.2. The van der Waals surface area contributed by atoms with E-state index in [4.69, 9.17) is 23.2 Å². The van der Waals surface area contributed by atoms with Crippen molar-refractivity contribution in [1.82, 2.24) is 9.99 Å². The lowest BCUT2D eigenvalue weighted by molar-refractivity contribution is -0.274. The SMILES string of the molecule is O=C(Nc1ccc(OC(F)(F)F)cc1)N1N=C(c2ccc(Cl)cc2)C[C@H]1c1ccc(Cl)nc1. The van der Waals surface area contributed by atoms with Crippen molar-refractivity contribution in [2.24, 2.45) is 5.10 Å². The minimum absolute atomic E-state index is 0.276. The molecule has 0 saturated heterocycles. The molecular weight excluding hydrogens is 480 g/mol. The molecule has 0 fully saturated rings. The lowest BCUT2D eigenvalue weighted by atomic mass is 10.00. The Morgan fingerprint density at radius 3 is 2.33 bits per heavy atom. The fourth-order valence-corrected chi connectivity index (χ4v) is 3.52. The summed E-state index contributed by atoms with van der Waals surface area (Å²) in [5.41, 5.74) is 2.46. The summed E-state index contributed by atoms with van der Waals surface area (Å²) in [5.74, 6) is -0.394. The highest BCUT2D eigenvalue weighted by Gasteiger charge is 2.34. The molecule has 1 aliphatic rings. The number of rotatable bonds is 4. The molecular formula is C22H15Cl2F3N4O2. The lowest BCUT2D eigenvalue weighted by Crippen LogP contribution is -2.31. The molecule has 2 heterocycles. The van der Waals surface area contributed by atoms with Crippen molar-refractivity contribution >= 4 is 40.6 Å². The summed E-state index contributed by atoms with van der Waals surface area (Å²) in [5, 5.41) is 9.29. The van der Waals surface area contributed by atoms with E-state index >= 15 is 0 Å². The van der Waals surface area contributed by atoms with Crippen LogP contribution in [0.5, 0.6) is 5.75 Å². The van der Waals surface area contributed by atoms with E-state index in [2.05, 4.69) is 20.1 Å². The third-order valence-corrected chi connectivity index (χ3v) is 5.25. The van der Waals surface area contributed by atoms with Gasteiger partial charge in [-0.1, -0.05) is 41.4 Å². The first-order chi connectivity index (χ1) is 15.7. The van der Waals surface area contributed by atoms with Crippen LogP contribution < -0.4 is 10.1 Å². The third-order valence-electron chi connectivity index (χ3n) is 4.77. The second-order valence-electron chi connectivity index (χ2n) is 7.03. The maximum absolute atomic E-state index is 13.0. The summed E-state index contributed by atoms with van der Waals surface area (Å²) < 4.78 is 40.9. The minimum Gasteiger partial charge on any atom is -0.406 e. The second kappa shape index (κ2) is 9.29. The zero-order chi connectivity index (χ0) is 23.6. The Morgan fingerprint density at radius 2 is 1.73 bits per heavy atom. The number of nitrogens with zero attached hydrogens (tertiary/aromatic N) is 3. The first-order valence-electron chi connectivity index (χ1n) is 9.59. The molecule has 0 spiro atoms. The molecule has 4 rings (SSSR count). The Morgan fingerprint density at radius 1 is 1.03 bits per heavy atom. The van der Waals surface area contributed by atoms with E-state index in [9.17, 15) is 18.0 Å². The normalized spacial score (nSPS) is 15.8. The molecule has 0 unspecified atom stereocenters. The summed E-state index contributed by atoms with van der Waals surface area (Å²) in [4.78, 5) is 17.1. The van der Waals surface area contributed by atoms with E-state index in [0.29, 0.717) is 22.3 Å². The van der Waals surface area contributed by atoms with Crippen LogP contribution >= 0.6 is 23.2 Å². The molecule has 0 radical (unpaired) electrons. The van der Waals surface area contributed by atoms with Gasteiger partial charge in [-0.25, -0.2) is 14.8 Å². The molecule has 2 amide bonds. The third kappa shape index (κ3) is 5.74. The standard InChI is InChI=1S/C22H15Cl2F3N4O2/c23-15-4-1-13(2-5-15)18-11-19(14-3-10-20(24)28-12-14)31(30-18)21(32)29-16-6-8-17(9-7-16)33-22(25,26)27/h1-10,12,19H,11H2,(H,29,32)/t19-/m0/s1. The molecule has 11 heteroatoms. The molecule has 1 aliphatic heterocycles. The number of urea groups is 1. The van der Waals surface area contributed by atoms with Crippen molar-refractivity contribution < 1.29 is 22.7 Å². The Balaban J connectivity index is 1.57. The van der Waals surface area contributed by atoms with Crippen LogP contribution in [0.1, 0.15) is 23.6 Å². The van der Waals surface area contributed by atoms with E-state index in [1.54, 1.807) is 42.6 Å². The maximum Gasteiger partial charge on any atom is 0.573 e. The number of carbonyl (C=O) groups excluding carboxylic acids is 1. The summed E-state index contributed by atoms with van der Waals surface area (Å²) in [7, 11) is 0. The highest BCUT2D eigenvalue weighted by molar-refractivity contribution is 6.30. The van der Waals surface area contributed by atoms with Gasteiger partial charge in [0.15, 0.2) is 0 Å². The van der Waals surface area contributed by atoms with Crippen LogP contribution in [0, 0.1) is 0 Å². The first-order valence-corrected chi connectivity index (χ1v) is 10.3. The summed E-state index contributed by atoms with van der Waals surface area (Å²) in [6.45, 7) is 0. The van der Waals surface area contributed by atoms with Gasteiger partial charge < -0.3 is 10.1 Å². The molecule has 3 aromatic rings. The molecule has 6 nitrogen and oxygen atoms in total.